The van der Waals surface area contributed by atoms with Crippen LogP contribution in [0.5, 0.6) is 5.75 Å². The van der Waals surface area contributed by atoms with Crippen molar-refractivity contribution in [3.8, 4) is 5.75 Å². The second-order valence-electron chi connectivity index (χ2n) is 19.5. The van der Waals surface area contributed by atoms with E-state index in [4.69, 9.17) is 9.47 Å². The van der Waals surface area contributed by atoms with E-state index in [-0.39, 0.29) is 30.7 Å². The van der Waals surface area contributed by atoms with Crippen molar-refractivity contribution in [2.75, 3.05) is 72.0 Å². The first kappa shape index (κ1) is 43.9. The number of rotatable bonds is 12. The number of Topliss-reactive ketones (excluding diaryl/α,β-unsaturated/α-hetero) is 1. The molecule has 5 aliphatic heterocycles. The number of aromatic nitrogens is 1. The molecule has 10 atom stereocenters. The number of aliphatic hydroxyl groups is 4. The fraction of sp³-hybridized carbons (Fsp3) is 0.612. The van der Waals surface area contributed by atoms with Gasteiger partial charge in [-0.2, -0.15) is 0 Å². The minimum absolute atomic E-state index is 0.106. The molecule has 6 heterocycles. The highest BCUT2D eigenvalue weighted by Gasteiger charge is 2.78. The molecule has 1 aromatic heterocycles. The number of hydrogen-bond donors (Lipinski definition) is 6. The highest BCUT2D eigenvalue weighted by Crippen LogP contribution is 2.67. The summed E-state index contributed by atoms with van der Waals surface area (Å²) in [5.74, 6) is -1.05. The van der Waals surface area contributed by atoms with Gasteiger partial charge in [-0.15, -0.1) is 0 Å². The molecule has 14 nitrogen and oxygen atoms in total. The van der Waals surface area contributed by atoms with Crippen molar-refractivity contribution in [3.63, 3.8) is 0 Å². The summed E-state index contributed by atoms with van der Waals surface area (Å²) in [6.07, 6.45) is 6.74. The first-order valence-corrected chi connectivity index (χ1v) is 23.0. The number of aromatic amines is 1. The van der Waals surface area contributed by atoms with Crippen LogP contribution in [0.15, 0.2) is 48.6 Å². The zero-order valence-electron chi connectivity index (χ0n) is 37.4. The molecule has 0 radical (unpaired) electrons. The molecule has 340 valence electrons. The maximum absolute atomic E-state index is 15.4. The Morgan fingerprint density at radius 1 is 1.00 bits per heavy atom. The topological polar surface area (TPSA) is 188 Å². The Balaban J connectivity index is 1.27. The SMILES string of the molecule is CC[C@]1(O)CC2CN(CCc3c([nH]c4ccccc34)[C@@](C(=O)OC)(c3cc4c(cc3OC)N(C)C3C45CCN4CC=C[C@](CC)(C45)[C@@H](O)[C@]3(O)C(=O)NCCCCC(=O)CO)C2)C1. The van der Waals surface area contributed by atoms with Crippen LogP contribution in [-0.2, 0) is 36.4 Å². The van der Waals surface area contributed by atoms with E-state index in [2.05, 4.69) is 32.2 Å². The Morgan fingerprint density at radius 2 is 1.79 bits per heavy atom. The first-order chi connectivity index (χ1) is 30.2. The van der Waals surface area contributed by atoms with E-state index in [1.807, 2.05) is 62.2 Å². The lowest BCUT2D eigenvalue weighted by Crippen LogP contribution is -2.81. The Labute approximate surface area is 369 Å². The van der Waals surface area contributed by atoms with Crippen molar-refractivity contribution in [2.45, 2.75) is 112 Å². The third-order valence-corrected chi connectivity index (χ3v) is 16.5. The molecule has 2 aromatic carbocycles. The van der Waals surface area contributed by atoms with Gasteiger partial charge in [-0.05, 0) is 87.1 Å². The molecule has 14 heteroatoms. The van der Waals surface area contributed by atoms with Crippen molar-refractivity contribution in [1.29, 1.82) is 0 Å². The van der Waals surface area contributed by atoms with E-state index in [1.54, 1.807) is 7.11 Å². The van der Waals surface area contributed by atoms with E-state index in [0.29, 0.717) is 95.4 Å². The summed E-state index contributed by atoms with van der Waals surface area (Å²) in [6, 6.07) is 11.0. The number of piperidine rings is 1. The molecule has 1 aliphatic carbocycles. The number of fused-ring (bicyclic) bond motifs is 6. The molecular formula is C49H65N5O9. The Bertz CT molecular complexity index is 2330. The summed E-state index contributed by atoms with van der Waals surface area (Å²) in [7, 11) is 4.90. The van der Waals surface area contributed by atoms with E-state index >= 15 is 4.79 Å². The van der Waals surface area contributed by atoms with Crippen LogP contribution in [0, 0.1) is 11.3 Å². The number of likely N-dealkylation sites (N-methyl/N-ethyl adjacent to an activating group) is 1. The van der Waals surface area contributed by atoms with Crippen molar-refractivity contribution >= 4 is 34.3 Å². The maximum atomic E-state index is 15.4. The Kier molecular flexibility index (Phi) is 11.1. The van der Waals surface area contributed by atoms with Crippen molar-refractivity contribution in [3.05, 3.63) is 70.9 Å². The van der Waals surface area contributed by atoms with Gasteiger partial charge in [-0.3, -0.25) is 24.2 Å². The largest absolute Gasteiger partial charge is 0.496 e. The number of carbonyl (C=O) groups is 3. The van der Waals surface area contributed by atoms with Gasteiger partial charge in [-0.1, -0.05) is 44.2 Å². The zero-order chi connectivity index (χ0) is 44.7. The van der Waals surface area contributed by atoms with Gasteiger partial charge >= 0.3 is 5.97 Å². The van der Waals surface area contributed by atoms with Crippen molar-refractivity contribution < 1.29 is 44.3 Å². The van der Waals surface area contributed by atoms with E-state index in [1.165, 1.54) is 7.11 Å². The molecule has 2 bridgehead atoms. The number of H-pyrrole nitrogens is 1. The monoisotopic (exact) mass is 867 g/mol. The summed E-state index contributed by atoms with van der Waals surface area (Å²) in [5.41, 5.74) is -1.69. The van der Waals surface area contributed by atoms with Gasteiger partial charge in [0.25, 0.3) is 5.91 Å². The molecule has 3 fully saturated rings. The fourth-order valence-electron chi connectivity index (χ4n) is 13.9. The van der Waals surface area contributed by atoms with Crippen LogP contribution in [0.2, 0.25) is 0 Å². The third-order valence-electron chi connectivity index (χ3n) is 16.5. The lowest BCUT2D eigenvalue weighted by molar-refractivity contribution is -0.203. The average Bonchev–Trinajstić information content (AvgIpc) is 3.95. The van der Waals surface area contributed by atoms with Crippen LogP contribution in [0.1, 0.15) is 87.6 Å². The van der Waals surface area contributed by atoms with E-state index in [9.17, 15) is 30.0 Å². The van der Waals surface area contributed by atoms with Crippen molar-refractivity contribution in [2.24, 2.45) is 11.3 Å². The van der Waals surface area contributed by atoms with Gasteiger partial charge in [0.05, 0.1) is 25.9 Å². The number of unbranched alkanes of at least 4 members (excludes halogenated alkanes) is 1. The number of carbonyl (C=O) groups excluding carboxylic acids is 3. The molecule has 6 N–H and O–H groups in total. The average molecular weight is 868 g/mol. The van der Waals surface area contributed by atoms with Gasteiger partial charge in [0.2, 0.25) is 0 Å². The number of nitrogens with zero attached hydrogens (tertiary/aromatic N) is 3. The second kappa shape index (κ2) is 16.0. The molecule has 1 spiro atoms. The number of ketones is 1. The smallest absolute Gasteiger partial charge is 0.322 e. The van der Waals surface area contributed by atoms with E-state index < -0.39 is 58.1 Å². The quantitative estimate of drug-likeness (QED) is 0.0889. The fourth-order valence-corrected chi connectivity index (χ4v) is 13.9. The van der Waals surface area contributed by atoms with Crippen LogP contribution in [0.25, 0.3) is 10.9 Å². The highest BCUT2D eigenvalue weighted by molar-refractivity contribution is 5.95. The van der Waals surface area contributed by atoms with Crippen LogP contribution in [0.3, 0.4) is 0 Å². The third kappa shape index (κ3) is 6.21. The molecular weight excluding hydrogens is 803 g/mol. The number of para-hydroxylation sites is 1. The van der Waals surface area contributed by atoms with Crippen LogP contribution >= 0.6 is 0 Å². The summed E-state index contributed by atoms with van der Waals surface area (Å²) in [4.78, 5) is 52.5. The van der Waals surface area contributed by atoms with E-state index in [0.717, 1.165) is 33.4 Å². The van der Waals surface area contributed by atoms with Crippen LogP contribution < -0.4 is 15.0 Å². The van der Waals surface area contributed by atoms with Gasteiger partial charge in [-0.25, -0.2) is 0 Å². The van der Waals surface area contributed by atoms with Crippen molar-refractivity contribution in [1.82, 2.24) is 20.1 Å². The highest BCUT2D eigenvalue weighted by atomic mass is 16.5. The minimum atomic E-state index is -2.30. The summed E-state index contributed by atoms with van der Waals surface area (Å²) in [6.45, 7) is 6.93. The lowest BCUT2D eigenvalue weighted by atomic mass is 9.47. The number of ether oxygens (including phenoxy) is 2. The normalized spacial score (nSPS) is 35.4. The number of benzene rings is 2. The summed E-state index contributed by atoms with van der Waals surface area (Å²) >= 11 is 0. The number of amides is 1. The summed E-state index contributed by atoms with van der Waals surface area (Å²) in [5, 5.41) is 51.3. The minimum Gasteiger partial charge on any atom is -0.496 e. The Morgan fingerprint density at radius 3 is 2.52 bits per heavy atom. The predicted octanol–water partition coefficient (Wildman–Crippen LogP) is 3.10. The number of esters is 1. The summed E-state index contributed by atoms with van der Waals surface area (Å²) < 4.78 is 12.3. The van der Waals surface area contributed by atoms with Gasteiger partial charge < -0.3 is 45.1 Å². The van der Waals surface area contributed by atoms with Crippen LogP contribution in [-0.4, -0.2) is 149 Å². The molecule has 2 saturated heterocycles. The van der Waals surface area contributed by atoms with Crippen LogP contribution in [0.4, 0.5) is 5.69 Å². The molecule has 5 unspecified atom stereocenters. The zero-order valence-corrected chi connectivity index (χ0v) is 37.4. The number of nitrogens with one attached hydrogen (secondary N) is 2. The van der Waals surface area contributed by atoms with Gasteiger partial charge in [0.15, 0.2) is 11.4 Å². The molecule has 3 aromatic rings. The lowest BCUT2D eigenvalue weighted by Gasteiger charge is -2.63. The molecule has 1 amide bonds. The number of anilines is 1. The van der Waals surface area contributed by atoms with Gasteiger partial charge in [0, 0.05) is 97.0 Å². The second-order valence-corrected chi connectivity index (χ2v) is 19.5. The molecule has 63 heavy (non-hydrogen) atoms. The molecule has 6 aliphatic rings. The maximum Gasteiger partial charge on any atom is 0.322 e. The molecule has 9 rings (SSSR count). The molecule has 1 saturated carbocycles. The van der Waals surface area contributed by atoms with Gasteiger partial charge in [0.1, 0.15) is 23.9 Å². The first-order valence-electron chi connectivity index (χ1n) is 23.0. The number of methoxy groups -OCH3 is 2. The Hall–Kier alpha value is -4.31. The number of hydrogen-bond acceptors (Lipinski definition) is 12. The predicted molar refractivity (Wildman–Crippen MR) is 238 cm³/mol. The number of aliphatic hydroxyl groups excluding tert-OH is 2. The standard InChI is InChI=1S/C49H65N5O9/c1-6-45(60)25-30-26-48(44(59)63-5,39-33(16-21-53(27-30)29-45)32-14-8-9-15-36(32)51-39)35-23-34-37(24-38(35)62-4)52(3)41-47(34)18-22-54-20-12-17-46(7-2,40(47)54)42(57)49(41,61)43(58)50-19-11-10-13-31(56)28-55/h8-9,12,14-15,17,23-24,30,40-42,51,55,57,60-61H,6-7,10-11,13,16,18-22,25-29H2,1-5H3,(H,50,58)/t30?,40?,41?,42-,45+,46-,47?,48+,49+/m1/s1.